The molecule has 96 valence electrons. The first-order valence-corrected chi connectivity index (χ1v) is 6.83. The molecule has 7 heteroatoms. The normalized spacial score (nSPS) is 18.8. The van der Waals surface area contributed by atoms with E-state index >= 15 is 0 Å². The molecule has 0 radical (unpaired) electrons. The number of nitrogens with zero attached hydrogens (tertiary/aromatic N) is 2. The topological polar surface area (TPSA) is 47.0 Å². The first kappa shape index (κ1) is 14.8. The van der Waals surface area contributed by atoms with Crippen LogP contribution in [0.1, 0.15) is 12.8 Å². The second-order valence-electron chi connectivity index (χ2n) is 3.62. The van der Waals surface area contributed by atoms with Gasteiger partial charge in [0.25, 0.3) is 0 Å². The van der Waals surface area contributed by atoms with Crippen molar-refractivity contribution in [3.8, 4) is 5.88 Å². The predicted molar refractivity (Wildman–Crippen MR) is 72.6 cm³/mol. The van der Waals surface area contributed by atoms with Gasteiger partial charge in [0.2, 0.25) is 5.88 Å². The van der Waals surface area contributed by atoms with Crippen LogP contribution in [0, 0.1) is 0 Å². The van der Waals surface area contributed by atoms with E-state index in [4.69, 9.17) is 16.3 Å². The summed E-state index contributed by atoms with van der Waals surface area (Å²) in [4.78, 5) is 8.28. The molecule has 2 rings (SSSR count). The summed E-state index contributed by atoms with van der Waals surface area (Å²) in [5.41, 5.74) is 0. The summed E-state index contributed by atoms with van der Waals surface area (Å²) in [6.45, 7) is 1.72. The molecule has 17 heavy (non-hydrogen) atoms. The molecule has 0 saturated carbocycles. The summed E-state index contributed by atoms with van der Waals surface area (Å²) in [6, 6.07) is 2.09. The van der Waals surface area contributed by atoms with Gasteiger partial charge in [-0.25, -0.2) is 4.98 Å². The second kappa shape index (κ2) is 7.26. The van der Waals surface area contributed by atoms with Gasteiger partial charge in [-0.3, -0.25) is 0 Å². The molecular weight excluding hydrogens is 281 g/mol. The molecule has 2 heterocycles. The fourth-order valence-electron chi connectivity index (χ4n) is 1.63. The van der Waals surface area contributed by atoms with Gasteiger partial charge in [0.1, 0.15) is 11.8 Å². The maximum atomic E-state index is 5.86. The standard InChI is InChI=1S/C10H14ClN3OS.ClH/c1-16-10-13-8(11)5-9(14-10)15-6-7-3-2-4-12-7;/h5,7,12H,2-4,6H2,1H3;1H. The highest BCUT2D eigenvalue weighted by atomic mass is 35.5. The number of halogens is 2. The molecule has 1 aliphatic rings. The lowest BCUT2D eigenvalue weighted by Gasteiger charge is -2.11. The van der Waals surface area contributed by atoms with Crippen LogP contribution in [-0.2, 0) is 0 Å². The minimum Gasteiger partial charge on any atom is -0.476 e. The van der Waals surface area contributed by atoms with E-state index in [2.05, 4.69) is 15.3 Å². The number of hydrogen-bond acceptors (Lipinski definition) is 5. The van der Waals surface area contributed by atoms with E-state index in [1.54, 1.807) is 6.07 Å². The SMILES string of the molecule is CSc1nc(Cl)cc(OCC2CCCN2)n1.Cl. The van der Waals surface area contributed by atoms with Gasteiger partial charge in [0.05, 0.1) is 0 Å². The fraction of sp³-hybridized carbons (Fsp3) is 0.600. The van der Waals surface area contributed by atoms with Crippen LogP contribution in [0.2, 0.25) is 5.15 Å². The molecule has 0 aromatic carbocycles. The molecule has 0 spiro atoms. The highest BCUT2D eigenvalue weighted by molar-refractivity contribution is 7.98. The summed E-state index contributed by atoms with van der Waals surface area (Å²) >= 11 is 7.32. The van der Waals surface area contributed by atoms with Crippen molar-refractivity contribution in [1.82, 2.24) is 15.3 Å². The van der Waals surface area contributed by atoms with Crippen molar-refractivity contribution in [2.24, 2.45) is 0 Å². The maximum absolute atomic E-state index is 5.86. The number of rotatable bonds is 4. The Morgan fingerprint density at radius 2 is 2.41 bits per heavy atom. The Labute approximate surface area is 116 Å². The Hall–Kier alpha value is -0.230. The number of aromatic nitrogens is 2. The Morgan fingerprint density at radius 3 is 3.06 bits per heavy atom. The van der Waals surface area contributed by atoms with Gasteiger partial charge >= 0.3 is 0 Å². The number of ether oxygens (including phenoxy) is 1. The molecule has 1 aromatic heterocycles. The molecule has 0 amide bonds. The number of nitrogens with one attached hydrogen (secondary N) is 1. The summed E-state index contributed by atoms with van der Waals surface area (Å²) in [6.07, 6.45) is 4.29. The highest BCUT2D eigenvalue weighted by Crippen LogP contribution is 2.19. The van der Waals surface area contributed by atoms with Crippen molar-refractivity contribution in [3.63, 3.8) is 0 Å². The lowest BCUT2D eigenvalue weighted by molar-refractivity contribution is 0.265. The van der Waals surface area contributed by atoms with E-state index in [9.17, 15) is 0 Å². The molecule has 1 aromatic rings. The summed E-state index contributed by atoms with van der Waals surface area (Å²) in [7, 11) is 0. The Bertz CT molecular complexity index is 361. The average molecular weight is 296 g/mol. The molecule has 1 unspecified atom stereocenters. The monoisotopic (exact) mass is 295 g/mol. The van der Waals surface area contributed by atoms with E-state index < -0.39 is 0 Å². The molecule has 0 aliphatic carbocycles. The predicted octanol–water partition coefficient (Wildman–Crippen LogP) is 2.40. The zero-order chi connectivity index (χ0) is 11.4. The van der Waals surface area contributed by atoms with Gasteiger partial charge in [0.15, 0.2) is 5.16 Å². The quantitative estimate of drug-likeness (QED) is 0.525. The molecule has 1 aliphatic heterocycles. The molecule has 1 saturated heterocycles. The van der Waals surface area contributed by atoms with Crippen LogP contribution >= 0.6 is 35.8 Å². The van der Waals surface area contributed by atoms with E-state index in [0.29, 0.717) is 28.8 Å². The van der Waals surface area contributed by atoms with Crippen molar-refractivity contribution in [2.75, 3.05) is 19.4 Å². The van der Waals surface area contributed by atoms with Crippen LogP contribution in [0.5, 0.6) is 5.88 Å². The molecule has 0 bridgehead atoms. The first-order chi connectivity index (χ1) is 7.78. The lowest BCUT2D eigenvalue weighted by atomic mass is 10.2. The number of thioether (sulfide) groups is 1. The average Bonchev–Trinajstić information content (AvgIpc) is 2.78. The Balaban J connectivity index is 0.00000144. The van der Waals surface area contributed by atoms with Crippen molar-refractivity contribution < 1.29 is 4.74 Å². The lowest BCUT2D eigenvalue weighted by Crippen LogP contribution is -2.28. The van der Waals surface area contributed by atoms with Crippen molar-refractivity contribution >= 4 is 35.8 Å². The summed E-state index contributed by atoms with van der Waals surface area (Å²) < 4.78 is 5.60. The van der Waals surface area contributed by atoms with Gasteiger partial charge in [-0.2, -0.15) is 4.98 Å². The third-order valence-corrected chi connectivity index (χ3v) is 3.17. The smallest absolute Gasteiger partial charge is 0.218 e. The van der Waals surface area contributed by atoms with Crippen LogP contribution in [0.4, 0.5) is 0 Å². The van der Waals surface area contributed by atoms with Crippen molar-refractivity contribution in [2.45, 2.75) is 24.0 Å². The van der Waals surface area contributed by atoms with E-state index in [1.165, 1.54) is 18.2 Å². The zero-order valence-electron chi connectivity index (χ0n) is 9.48. The largest absolute Gasteiger partial charge is 0.476 e. The van der Waals surface area contributed by atoms with Gasteiger partial charge in [0, 0.05) is 12.1 Å². The highest BCUT2D eigenvalue weighted by Gasteiger charge is 2.15. The molecule has 4 nitrogen and oxygen atoms in total. The van der Waals surface area contributed by atoms with E-state index in [1.807, 2.05) is 6.26 Å². The van der Waals surface area contributed by atoms with Crippen molar-refractivity contribution in [3.05, 3.63) is 11.2 Å². The summed E-state index contributed by atoms with van der Waals surface area (Å²) in [5, 5.41) is 4.43. The van der Waals surface area contributed by atoms with Gasteiger partial charge < -0.3 is 10.1 Å². The minimum absolute atomic E-state index is 0. The fourth-order valence-corrected chi connectivity index (χ4v) is 2.22. The Morgan fingerprint density at radius 1 is 1.59 bits per heavy atom. The third kappa shape index (κ3) is 4.50. The molecule has 1 atom stereocenters. The van der Waals surface area contributed by atoms with E-state index in [0.717, 1.165) is 13.0 Å². The third-order valence-electron chi connectivity index (χ3n) is 2.43. The van der Waals surface area contributed by atoms with Crippen LogP contribution in [0.25, 0.3) is 0 Å². The van der Waals surface area contributed by atoms with Crippen LogP contribution in [0.15, 0.2) is 11.2 Å². The van der Waals surface area contributed by atoms with E-state index in [-0.39, 0.29) is 12.4 Å². The minimum atomic E-state index is 0. The zero-order valence-corrected chi connectivity index (χ0v) is 11.9. The molecular formula is C10H15Cl2N3OS. The molecule has 1 N–H and O–H groups in total. The van der Waals surface area contributed by atoms with Crippen molar-refractivity contribution in [1.29, 1.82) is 0 Å². The second-order valence-corrected chi connectivity index (χ2v) is 4.78. The van der Waals surface area contributed by atoms with Crippen LogP contribution < -0.4 is 10.1 Å². The molecule has 1 fully saturated rings. The maximum Gasteiger partial charge on any atom is 0.218 e. The number of hydrogen-bond donors (Lipinski definition) is 1. The van der Waals surface area contributed by atoms with Crippen LogP contribution in [0.3, 0.4) is 0 Å². The van der Waals surface area contributed by atoms with Gasteiger partial charge in [-0.1, -0.05) is 23.4 Å². The Kier molecular flexibility index (Phi) is 6.33. The first-order valence-electron chi connectivity index (χ1n) is 5.22. The van der Waals surface area contributed by atoms with Gasteiger partial charge in [-0.15, -0.1) is 12.4 Å². The van der Waals surface area contributed by atoms with Gasteiger partial charge in [-0.05, 0) is 25.6 Å². The van der Waals surface area contributed by atoms with Crippen LogP contribution in [-0.4, -0.2) is 35.4 Å². The summed E-state index contributed by atoms with van der Waals surface area (Å²) in [5.74, 6) is 0.554.